The summed E-state index contributed by atoms with van der Waals surface area (Å²) in [5.41, 5.74) is 5.48. The van der Waals surface area contributed by atoms with Crippen molar-refractivity contribution in [2.75, 3.05) is 19.6 Å². The van der Waals surface area contributed by atoms with E-state index in [0.717, 1.165) is 13.1 Å². The maximum absolute atomic E-state index is 8.78. The van der Waals surface area contributed by atoms with Gasteiger partial charge in [-0.2, -0.15) is 5.26 Å². The molecule has 3 nitrogen and oxygen atoms in total. The number of hydrogen-bond donors (Lipinski definition) is 1. The molecule has 0 aliphatic carbocycles. The molecule has 1 aliphatic rings. The van der Waals surface area contributed by atoms with Gasteiger partial charge in [-0.05, 0) is 25.3 Å². The average Bonchev–Trinajstić information content (AvgIpc) is 2.29. The van der Waals surface area contributed by atoms with Crippen molar-refractivity contribution < 1.29 is 0 Å². The fourth-order valence-corrected chi connectivity index (χ4v) is 1.86. The number of nitriles is 1. The van der Waals surface area contributed by atoms with E-state index in [1.54, 1.807) is 6.92 Å². The Bertz CT molecular complexity index is 225. The normalized spacial score (nSPS) is 26.7. The zero-order chi connectivity index (χ0) is 10.1. The van der Waals surface area contributed by atoms with Crippen molar-refractivity contribution in [3.63, 3.8) is 0 Å². The number of nitrogens with two attached hydrogens (primary N) is 1. The summed E-state index contributed by atoms with van der Waals surface area (Å²) in [6, 6.07) is 2.13. The Morgan fingerprint density at radius 1 is 1.62 bits per heavy atom. The number of hydrogen-bond acceptors (Lipinski definition) is 3. The highest BCUT2D eigenvalue weighted by Crippen LogP contribution is 2.29. The number of likely N-dealkylation sites (tertiary alicyclic amines) is 1. The second-order valence-corrected chi connectivity index (χ2v) is 5.15. The summed E-state index contributed by atoms with van der Waals surface area (Å²) in [4.78, 5) is 2.28. The first-order chi connectivity index (χ1) is 5.85. The van der Waals surface area contributed by atoms with Crippen LogP contribution in [0.3, 0.4) is 0 Å². The van der Waals surface area contributed by atoms with Crippen LogP contribution in [0.5, 0.6) is 0 Å². The molecular weight excluding hydrogens is 162 g/mol. The SMILES string of the molecule is CC(N)(C#N)CN1CCC(C)(C)C1. The molecule has 0 saturated carbocycles. The Labute approximate surface area is 80.5 Å². The quantitative estimate of drug-likeness (QED) is 0.690. The molecule has 0 radical (unpaired) electrons. The zero-order valence-corrected chi connectivity index (χ0v) is 8.80. The van der Waals surface area contributed by atoms with Crippen LogP contribution in [0.15, 0.2) is 0 Å². The van der Waals surface area contributed by atoms with Gasteiger partial charge in [-0.1, -0.05) is 13.8 Å². The fourth-order valence-electron chi connectivity index (χ4n) is 1.86. The minimum atomic E-state index is -0.694. The van der Waals surface area contributed by atoms with Crippen LogP contribution in [0.2, 0.25) is 0 Å². The summed E-state index contributed by atoms with van der Waals surface area (Å²) in [5.74, 6) is 0. The molecule has 0 aromatic carbocycles. The molecule has 0 aromatic heterocycles. The van der Waals surface area contributed by atoms with Crippen molar-refractivity contribution in [2.24, 2.45) is 11.1 Å². The van der Waals surface area contributed by atoms with E-state index in [1.165, 1.54) is 6.42 Å². The molecular formula is C10H19N3. The highest BCUT2D eigenvalue weighted by atomic mass is 15.2. The smallest absolute Gasteiger partial charge is 0.114 e. The third-order valence-corrected chi connectivity index (χ3v) is 2.56. The van der Waals surface area contributed by atoms with Crippen LogP contribution in [-0.4, -0.2) is 30.1 Å². The van der Waals surface area contributed by atoms with Gasteiger partial charge in [0, 0.05) is 13.1 Å². The van der Waals surface area contributed by atoms with Crippen LogP contribution in [-0.2, 0) is 0 Å². The second kappa shape index (κ2) is 3.28. The first kappa shape index (κ1) is 10.5. The lowest BCUT2D eigenvalue weighted by atomic mass is 9.93. The van der Waals surface area contributed by atoms with Crippen molar-refractivity contribution in [1.82, 2.24) is 4.90 Å². The van der Waals surface area contributed by atoms with Crippen molar-refractivity contribution in [3.8, 4) is 6.07 Å². The second-order valence-electron chi connectivity index (χ2n) is 5.15. The molecule has 0 aromatic rings. The summed E-state index contributed by atoms with van der Waals surface area (Å²) < 4.78 is 0. The molecule has 1 aliphatic heterocycles. The summed E-state index contributed by atoms with van der Waals surface area (Å²) in [6.07, 6.45) is 1.20. The summed E-state index contributed by atoms with van der Waals surface area (Å²) >= 11 is 0. The number of rotatable bonds is 2. The van der Waals surface area contributed by atoms with Crippen molar-refractivity contribution in [2.45, 2.75) is 32.7 Å². The van der Waals surface area contributed by atoms with E-state index in [4.69, 9.17) is 11.0 Å². The molecule has 1 heterocycles. The number of nitrogens with zero attached hydrogens (tertiary/aromatic N) is 2. The van der Waals surface area contributed by atoms with E-state index >= 15 is 0 Å². The first-order valence-electron chi connectivity index (χ1n) is 4.77. The van der Waals surface area contributed by atoms with Gasteiger partial charge in [0.15, 0.2) is 0 Å². The van der Waals surface area contributed by atoms with Crippen LogP contribution >= 0.6 is 0 Å². The van der Waals surface area contributed by atoms with Crippen LogP contribution in [0, 0.1) is 16.7 Å². The Hall–Kier alpha value is -0.590. The molecule has 74 valence electrons. The van der Waals surface area contributed by atoms with E-state index in [0.29, 0.717) is 12.0 Å². The maximum Gasteiger partial charge on any atom is 0.114 e. The predicted octanol–water partition coefficient (Wildman–Crippen LogP) is 0.959. The molecule has 1 saturated heterocycles. The van der Waals surface area contributed by atoms with Crippen LogP contribution in [0.1, 0.15) is 27.2 Å². The van der Waals surface area contributed by atoms with Crippen molar-refractivity contribution >= 4 is 0 Å². The van der Waals surface area contributed by atoms with E-state index in [-0.39, 0.29) is 0 Å². The summed E-state index contributed by atoms with van der Waals surface area (Å²) in [7, 11) is 0. The highest BCUT2D eigenvalue weighted by molar-refractivity contribution is 5.04. The molecule has 3 heteroatoms. The van der Waals surface area contributed by atoms with E-state index in [1.807, 2.05) is 0 Å². The fraction of sp³-hybridized carbons (Fsp3) is 0.900. The third-order valence-electron chi connectivity index (χ3n) is 2.56. The lowest BCUT2D eigenvalue weighted by Gasteiger charge is -2.25. The molecule has 0 amide bonds. The topological polar surface area (TPSA) is 53.1 Å². The standard InChI is InChI=1S/C10H19N3/c1-9(2)4-5-13(7-9)8-10(3,12)6-11/h4-5,7-8,12H2,1-3H3. The zero-order valence-electron chi connectivity index (χ0n) is 8.80. The first-order valence-corrected chi connectivity index (χ1v) is 4.77. The van der Waals surface area contributed by atoms with Gasteiger partial charge >= 0.3 is 0 Å². The summed E-state index contributed by atoms with van der Waals surface area (Å²) in [6.45, 7) is 9.12. The summed E-state index contributed by atoms with van der Waals surface area (Å²) in [5, 5.41) is 8.78. The Morgan fingerprint density at radius 3 is 2.62 bits per heavy atom. The molecule has 1 rings (SSSR count). The van der Waals surface area contributed by atoms with Crippen molar-refractivity contribution in [1.29, 1.82) is 5.26 Å². The average molecular weight is 181 g/mol. The molecule has 2 N–H and O–H groups in total. The third kappa shape index (κ3) is 2.98. The van der Waals surface area contributed by atoms with Gasteiger partial charge < -0.3 is 5.73 Å². The van der Waals surface area contributed by atoms with Gasteiger partial charge in [0.25, 0.3) is 0 Å². The minimum Gasteiger partial charge on any atom is -0.313 e. The van der Waals surface area contributed by atoms with Crippen LogP contribution in [0.25, 0.3) is 0 Å². The van der Waals surface area contributed by atoms with Gasteiger partial charge in [-0.3, -0.25) is 4.90 Å². The van der Waals surface area contributed by atoms with Gasteiger partial charge in [0.05, 0.1) is 6.07 Å². The predicted molar refractivity (Wildman–Crippen MR) is 53.0 cm³/mol. The largest absolute Gasteiger partial charge is 0.313 e. The minimum absolute atomic E-state index is 0.394. The van der Waals surface area contributed by atoms with Crippen LogP contribution < -0.4 is 5.73 Å². The van der Waals surface area contributed by atoms with E-state index in [9.17, 15) is 0 Å². The van der Waals surface area contributed by atoms with Gasteiger partial charge in [-0.25, -0.2) is 0 Å². The van der Waals surface area contributed by atoms with Gasteiger partial charge in [0.1, 0.15) is 5.54 Å². The maximum atomic E-state index is 8.78. The highest BCUT2D eigenvalue weighted by Gasteiger charge is 2.32. The van der Waals surface area contributed by atoms with Crippen molar-refractivity contribution in [3.05, 3.63) is 0 Å². The monoisotopic (exact) mass is 181 g/mol. The Balaban J connectivity index is 2.46. The molecule has 0 bridgehead atoms. The molecule has 1 fully saturated rings. The van der Waals surface area contributed by atoms with E-state index < -0.39 is 5.54 Å². The van der Waals surface area contributed by atoms with Crippen LogP contribution in [0.4, 0.5) is 0 Å². The molecule has 1 unspecified atom stereocenters. The lowest BCUT2D eigenvalue weighted by Crippen LogP contribution is -2.46. The van der Waals surface area contributed by atoms with E-state index in [2.05, 4.69) is 24.8 Å². The molecule has 1 atom stereocenters. The lowest BCUT2D eigenvalue weighted by molar-refractivity contribution is 0.259. The Morgan fingerprint density at radius 2 is 2.23 bits per heavy atom. The molecule has 0 spiro atoms. The Kier molecular flexibility index (Phi) is 2.65. The molecule has 13 heavy (non-hydrogen) atoms. The van der Waals surface area contributed by atoms with Gasteiger partial charge in [0.2, 0.25) is 0 Å². The van der Waals surface area contributed by atoms with Gasteiger partial charge in [-0.15, -0.1) is 0 Å².